The molecule has 2 aromatic heterocycles. The lowest BCUT2D eigenvalue weighted by Gasteiger charge is -2.33. The average molecular weight is 307 g/mol. The fraction of sp³-hybridized carbons (Fsp3) is 0.333. The van der Waals surface area contributed by atoms with E-state index in [1.165, 1.54) is 30.5 Å². The van der Waals surface area contributed by atoms with Crippen LogP contribution in [0.4, 0.5) is 11.6 Å². The molecule has 5 nitrogen and oxygen atoms in total. The van der Waals surface area contributed by atoms with Gasteiger partial charge in [0.25, 0.3) is 0 Å². The molecule has 1 fully saturated rings. The Morgan fingerprint density at radius 3 is 2.61 bits per heavy atom. The molecule has 3 heterocycles. The molecule has 0 amide bonds. The van der Waals surface area contributed by atoms with Crippen LogP contribution in [0.3, 0.4) is 0 Å². The average Bonchev–Trinajstić information content (AvgIpc) is 2.95. The van der Waals surface area contributed by atoms with E-state index in [1.54, 1.807) is 4.52 Å². The molecule has 118 valence electrons. The molecule has 23 heavy (non-hydrogen) atoms. The molecule has 0 aliphatic carbocycles. The monoisotopic (exact) mass is 307 g/mol. The van der Waals surface area contributed by atoms with Gasteiger partial charge in [0, 0.05) is 13.1 Å². The van der Waals surface area contributed by atoms with E-state index in [9.17, 15) is 0 Å². The zero-order valence-corrected chi connectivity index (χ0v) is 13.1. The van der Waals surface area contributed by atoms with Crippen molar-refractivity contribution >= 4 is 17.3 Å². The minimum absolute atomic E-state index is 0.323. The zero-order valence-electron chi connectivity index (χ0n) is 13.1. The summed E-state index contributed by atoms with van der Waals surface area (Å²) in [5.41, 5.74) is 9.09. The van der Waals surface area contributed by atoms with Crippen molar-refractivity contribution in [1.82, 2.24) is 14.6 Å². The fourth-order valence-electron chi connectivity index (χ4n) is 3.42. The van der Waals surface area contributed by atoms with Gasteiger partial charge in [-0.2, -0.15) is 4.98 Å². The molecule has 0 atom stereocenters. The Morgan fingerprint density at radius 1 is 1.04 bits per heavy atom. The van der Waals surface area contributed by atoms with Gasteiger partial charge in [0.15, 0.2) is 5.65 Å². The van der Waals surface area contributed by atoms with Crippen molar-refractivity contribution in [2.45, 2.75) is 19.3 Å². The molecule has 1 aromatic carbocycles. The quantitative estimate of drug-likeness (QED) is 0.808. The van der Waals surface area contributed by atoms with Crippen molar-refractivity contribution < 1.29 is 0 Å². The summed E-state index contributed by atoms with van der Waals surface area (Å²) in [7, 11) is 0. The first kappa shape index (κ1) is 14.1. The van der Waals surface area contributed by atoms with Crippen LogP contribution in [0.2, 0.25) is 0 Å². The SMILES string of the molecule is Nc1nc2ccc(N3CCC(Cc4ccccc4)CC3)cn2n1. The Labute approximate surface area is 135 Å². The van der Waals surface area contributed by atoms with Crippen LogP contribution < -0.4 is 10.6 Å². The van der Waals surface area contributed by atoms with Gasteiger partial charge in [0.05, 0.1) is 11.9 Å². The molecule has 1 aliphatic rings. The zero-order chi connectivity index (χ0) is 15.6. The van der Waals surface area contributed by atoms with Gasteiger partial charge in [0.1, 0.15) is 0 Å². The van der Waals surface area contributed by atoms with Crippen molar-refractivity contribution in [1.29, 1.82) is 0 Å². The summed E-state index contributed by atoms with van der Waals surface area (Å²) in [5, 5.41) is 4.20. The number of aromatic nitrogens is 3. The van der Waals surface area contributed by atoms with E-state index in [4.69, 9.17) is 5.73 Å². The number of pyridine rings is 1. The predicted molar refractivity (Wildman–Crippen MR) is 92.5 cm³/mol. The van der Waals surface area contributed by atoms with E-state index in [0.29, 0.717) is 5.95 Å². The van der Waals surface area contributed by atoms with Gasteiger partial charge in [-0.1, -0.05) is 30.3 Å². The first-order valence-corrected chi connectivity index (χ1v) is 8.19. The molecule has 3 aromatic rings. The van der Waals surface area contributed by atoms with Gasteiger partial charge >= 0.3 is 0 Å². The number of piperidine rings is 1. The van der Waals surface area contributed by atoms with Crippen LogP contribution in [0.15, 0.2) is 48.7 Å². The standard InChI is InChI=1S/C18H21N5/c19-18-20-17-7-6-16(13-23(17)21-18)22-10-8-15(9-11-22)12-14-4-2-1-3-5-14/h1-7,13,15H,8-12H2,(H2,19,21). The number of anilines is 2. The highest BCUT2D eigenvalue weighted by Crippen LogP contribution is 2.26. The molecule has 0 bridgehead atoms. The smallest absolute Gasteiger partial charge is 0.240 e. The number of nitrogen functional groups attached to an aromatic ring is 1. The van der Waals surface area contributed by atoms with Crippen molar-refractivity contribution in [3.63, 3.8) is 0 Å². The van der Waals surface area contributed by atoms with E-state index in [-0.39, 0.29) is 0 Å². The topological polar surface area (TPSA) is 59.5 Å². The van der Waals surface area contributed by atoms with Crippen LogP contribution in [0.25, 0.3) is 5.65 Å². The van der Waals surface area contributed by atoms with E-state index in [2.05, 4.69) is 51.4 Å². The summed E-state index contributed by atoms with van der Waals surface area (Å²) < 4.78 is 1.76. The van der Waals surface area contributed by atoms with Crippen LogP contribution in [0.5, 0.6) is 0 Å². The molecule has 4 rings (SSSR count). The maximum absolute atomic E-state index is 5.65. The first-order chi connectivity index (χ1) is 11.3. The Morgan fingerprint density at radius 2 is 1.83 bits per heavy atom. The Balaban J connectivity index is 1.42. The van der Waals surface area contributed by atoms with E-state index in [0.717, 1.165) is 24.7 Å². The van der Waals surface area contributed by atoms with Gasteiger partial charge in [-0.15, -0.1) is 5.10 Å². The van der Waals surface area contributed by atoms with Crippen LogP contribution >= 0.6 is 0 Å². The summed E-state index contributed by atoms with van der Waals surface area (Å²) in [5.74, 6) is 1.10. The van der Waals surface area contributed by atoms with Crippen molar-refractivity contribution in [2.75, 3.05) is 23.7 Å². The molecular formula is C18H21N5. The third-order valence-corrected chi connectivity index (χ3v) is 4.68. The second kappa shape index (κ2) is 5.91. The highest BCUT2D eigenvalue weighted by molar-refractivity contribution is 5.52. The van der Waals surface area contributed by atoms with E-state index >= 15 is 0 Å². The molecule has 1 aliphatic heterocycles. The highest BCUT2D eigenvalue weighted by atomic mass is 15.3. The second-order valence-corrected chi connectivity index (χ2v) is 6.28. The number of fused-ring (bicyclic) bond motifs is 1. The fourth-order valence-corrected chi connectivity index (χ4v) is 3.42. The van der Waals surface area contributed by atoms with Gasteiger partial charge in [-0.05, 0) is 42.9 Å². The molecule has 0 saturated carbocycles. The molecule has 5 heteroatoms. The lowest BCUT2D eigenvalue weighted by Crippen LogP contribution is -2.34. The van der Waals surface area contributed by atoms with Crippen LogP contribution in [-0.4, -0.2) is 27.7 Å². The maximum atomic E-state index is 5.65. The largest absolute Gasteiger partial charge is 0.370 e. The Kier molecular flexibility index (Phi) is 3.61. The van der Waals surface area contributed by atoms with Crippen molar-refractivity contribution in [3.8, 4) is 0 Å². The summed E-state index contributed by atoms with van der Waals surface area (Å²) in [4.78, 5) is 6.60. The minimum atomic E-state index is 0.323. The van der Waals surface area contributed by atoms with Gasteiger partial charge < -0.3 is 10.6 Å². The van der Waals surface area contributed by atoms with Crippen LogP contribution in [-0.2, 0) is 6.42 Å². The lowest BCUT2D eigenvalue weighted by molar-refractivity contribution is 0.403. The summed E-state index contributed by atoms with van der Waals surface area (Å²) in [6, 6.07) is 14.9. The lowest BCUT2D eigenvalue weighted by atomic mass is 9.90. The Hall–Kier alpha value is -2.56. The molecule has 0 spiro atoms. The van der Waals surface area contributed by atoms with Crippen LogP contribution in [0.1, 0.15) is 18.4 Å². The van der Waals surface area contributed by atoms with E-state index in [1.807, 2.05) is 12.3 Å². The number of nitrogens with two attached hydrogens (primary N) is 1. The minimum Gasteiger partial charge on any atom is -0.370 e. The van der Waals surface area contributed by atoms with Gasteiger partial charge in [-0.3, -0.25) is 0 Å². The van der Waals surface area contributed by atoms with E-state index < -0.39 is 0 Å². The van der Waals surface area contributed by atoms with Gasteiger partial charge in [0.2, 0.25) is 5.95 Å². The highest BCUT2D eigenvalue weighted by Gasteiger charge is 2.20. The molecule has 0 radical (unpaired) electrons. The second-order valence-electron chi connectivity index (χ2n) is 6.28. The molecule has 1 saturated heterocycles. The number of hydrogen-bond acceptors (Lipinski definition) is 4. The normalized spacial score (nSPS) is 16.1. The third-order valence-electron chi connectivity index (χ3n) is 4.68. The molecular weight excluding hydrogens is 286 g/mol. The number of nitrogens with zero attached hydrogens (tertiary/aromatic N) is 4. The number of benzene rings is 1. The maximum Gasteiger partial charge on any atom is 0.240 e. The summed E-state index contributed by atoms with van der Waals surface area (Å²) in [6.07, 6.45) is 5.67. The number of rotatable bonds is 3. The third kappa shape index (κ3) is 2.99. The van der Waals surface area contributed by atoms with Gasteiger partial charge in [-0.25, -0.2) is 4.52 Å². The Bertz CT molecular complexity index is 788. The van der Waals surface area contributed by atoms with Crippen molar-refractivity contribution in [2.24, 2.45) is 5.92 Å². The number of hydrogen-bond donors (Lipinski definition) is 1. The van der Waals surface area contributed by atoms with Crippen molar-refractivity contribution in [3.05, 3.63) is 54.2 Å². The first-order valence-electron chi connectivity index (χ1n) is 8.19. The molecule has 2 N–H and O–H groups in total. The predicted octanol–water partition coefficient (Wildman–Crippen LogP) is 2.77. The summed E-state index contributed by atoms with van der Waals surface area (Å²) in [6.45, 7) is 2.18. The van der Waals surface area contributed by atoms with Crippen LogP contribution in [0, 0.1) is 5.92 Å². The molecule has 0 unspecified atom stereocenters. The summed E-state index contributed by atoms with van der Waals surface area (Å²) >= 11 is 0.